The second-order valence-electron chi connectivity index (χ2n) is 5.16. The van der Waals surface area contributed by atoms with Gasteiger partial charge in [0.1, 0.15) is 11.8 Å². The summed E-state index contributed by atoms with van der Waals surface area (Å²) in [5.74, 6) is -0.0280. The second kappa shape index (κ2) is 7.79. The van der Waals surface area contributed by atoms with E-state index in [-0.39, 0.29) is 4.90 Å². The summed E-state index contributed by atoms with van der Waals surface area (Å²) in [4.78, 5) is 12.0. The Labute approximate surface area is 146 Å². The highest BCUT2D eigenvalue weighted by molar-refractivity contribution is 7.89. The van der Waals surface area contributed by atoms with E-state index in [9.17, 15) is 13.2 Å². The van der Waals surface area contributed by atoms with E-state index >= 15 is 0 Å². The van der Waals surface area contributed by atoms with E-state index in [1.165, 1.54) is 19.2 Å². The summed E-state index contributed by atoms with van der Waals surface area (Å²) in [5, 5.41) is 11.5. The molecule has 2 N–H and O–H groups in total. The Hall–Kier alpha value is -2.89. The van der Waals surface area contributed by atoms with Crippen LogP contribution in [-0.2, 0) is 14.8 Å². The summed E-state index contributed by atoms with van der Waals surface area (Å²) in [6.45, 7) is 1.19. The topological polar surface area (TPSA) is 108 Å². The number of nitriles is 1. The zero-order chi connectivity index (χ0) is 18.4. The van der Waals surface area contributed by atoms with Gasteiger partial charge in [-0.3, -0.25) is 4.79 Å². The molecule has 2 aromatic carbocycles. The van der Waals surface area contributed by atoms with E-state index < -0.39 is 22.5 Å². The Morgan fingerprint density at radius 1 is 1.24 bits per heavy atom. The van der Waals surface area contributed by atoms with E-state index in [0.29, 0.717) is 22.6 Å². The number of methoxy groups -OCH3 is 1. The zero-order valence-corrected chi connectivity index (χ0v) is 14.6. The monoisotopic (exact) mass is 359 g/mol. The SMILES string of the molecule is COc1ccc(S(=O)(=O)NCC(=O)Nc2ccccc2C#N)c(C)c1. The molecule has 0 saturated heterocycles. The van der Waals surface area contributed by atoms with Gasteiger partial charge >= 0.3 is 0 Å². The highest BCUT2D eigenvalue weighted by Gasteiger charge is 2.18. The summed E-state index contributed by atoms with van der Waals surface area (Å²) in [7, 11) is -2.36. The summed E-state index contributed by atoms with van der Waals surface area (Å²) in [5.41, 5.74) is 1.13. The third-order valence-electron chi connectivity index (χ3n) is 3.42. The van der Waals surface area contributed by atoms with Crippen molar-refractivity contribution in [3.8, 4) is 11.8 Å². The van der Waals surface area contributed by atoms with Crippen LogP contribution in [0.5, 0.6) is 5.75 Å². The molecule has 0 unspecified atom stereocenters. The Morgan fingerprint density at radius 3 is 2.60 bits per heavy atom. The van der Waals surface area contributed by atoms with Crippen LogP contribution in [0.15, 0.2) is 47.4 Å². The summed E-state index contributed by atoms with van der Waals surface area (Å²) >= 11 is 0. The van der Waals surface area contributed by atoms with E-state index in [1.54, 1.807) is 37.3 Å². The molecular formula is C17H17N3O4S. The van der Waals surface area contributed by atoms with Crippen molar-refractivity contribution in [3.05, 3.63) is 53.6 Å². The van der Waals surface area contributed by atoms with Crippen LogP contribution in [0.25, 0.3) is 0 Å². The van der Waals surface area contributed by atoms with Crippen LogP contribution in [0.2, 0.25) is 0 Å². The Morgan fingerprint density at radius 2 is 1.96 bits per heavy atom. The summed E-state index contributed by atoms with van der Waals surface area (Å²) < 4.78 is 32.0. The lowest BCUT2D eigenvalue weighted by atomic mass is 10.2. The number of hydrogen-bond donors (Lipinski definition) is 2. The molecule has 0 bridgehead atoms. The number of nitrogens with one attached hydrogen (secondary N) is 2. The van der Waals surface area contributed by atoms with Gasteiger partial charge in [-0.25, -0.2) is 13.1 Å². The average Bonchev–Trinajstić information content (AvgIpc) is 2.60. The van der Waals surface area contributed by atoms with Crippen LogP contribution < -0.4 is 14.8 Å². The molecule has 25 heavy (non-hydrogen) atoms. The normalized spacial score (nSPS) is 10.8. The molecule has 0 fully saturated rings. The maximum atomic E-state index is 12.3. The predicted molar refractivity (Wildman–Crippen MR) is 92.7 cm³/mol. The molecule has 0 heterocycles. The second-order valence-corrected chi connectivity index (χ2v) is 6.90. The van der Waals surface area contributed by atoms with Crippen molar-refractivity contribution >= 4 is 21.6 Å². The number of amides is 1. The minimum absolute atomic E-state index is 0.0681. The van der Waals surface area contributed by atoms with E-state index in [4.69, 9.17) is 10.00 Å². The molecule has 2 aromatic rings. The van der Waals surface area contributed by atoms with E-state index in [0.717, 1.165) is 0 Å². The molecule has 7 nitrogen and oxygen atoms in total. The van der Waals surface area contributed by atoms with Gasteiger partial charge in [0.25, 0.3) is 0 Å². The van der Waals surface area contributed by atoms with Crippen LogP contribution in [0.3, 0.4) is 0 Å². The van der Waals surface area contributed by atoms with Crippen molar-refractivity contribution in [1.29, 1.82) is 5.26 Å². The van der Waals surface area contributed by atoms with Crippen molar-refractivity contribution in [2.24, 2.45) is 0 Å². The number of rotatable bonds is 6. The van der Waals surface area contributed by atoms with Gasteiger partial charge in [-0.05, 0) is 42.8 Å². The maximum absolute atomic E-state index is 12.3. The van der Waals surface area contributed by atoms with Crippen molar-refractivity contribution < 1.29 is 17.9 Å². The van der Waals surface area contributed by atoms with Gasteiger partial charge in [0, 0.05) is 0 Å². The van der Waals surface area contributed by atoms with Crippen molar-refractivity contribution in [2.45, 2.75) is 11.8 Å². The van der Waals surface area contributed by atoms with Gasteiger partial charge < -0.3 is 10.1 Å². The predicted octanol–water partition coefficient (Wildman–Crippen LogP) is 1.79. The Bertz CT molecular complexity index is 933. The standard InChI is InChI=1S/C17H17N3O4S/c1-12-9-14(24-2)7-8-16(12)25(22,23)19-11-17(21)20-15-6-4-3-5-13(15)10-18/h3-9,19H,11H2,1-2H3,(H,20,21). The van der Waals surface area contributed by atoms with Crippen LogP contribution in [0.4, 0.5) is 5.69 Å². The molecule has 0 aliphatic heterocycles. The molecule has 130 valence electrons. The minimum atomic E-state index is -3.85. The van der Waals surface area contributed by atoms with Crippen LogP contribution in [0, 0.1) is 18.3 Å². The number of carbonyl (C=O) groups is 1. The number of ether oxygens (including phenoxy) is 1. The number of carbonyl (C=O) groups excluding carboxylic acids is 1. The Kier molecular flexibility index (Phi) is 5.75. The van der Waals surface area contributed by atoms with Crippen molar-refractivity contribution in [3.63, 3.8) is 0 Å². The van der Waals surface area contributed by atoms with Crippen molar-refractivity contribution in [1.82, 2.24) is 4.72 Å². The average molecular weight is 359 g/mol. The third-order valence-corrected chi connectivity index (χ3v) is 4.98. The van der Waals surface area contributed by atoms with Gasteiger partial charge in [-0.1, -0.05) is 12.1 Å². The van der Waals surface area contributed by atoms with Crippen LogP contribution >= 0.6 is 0 Å². The van der Waals surface area contributed by atoms with Gasteiger partial charge in [-0.2, -0.15) is 5.26 Å². The first-order chi connectivity index (χ1) is 11.9. The van der Waals surface area contributed by atoms with E-state index in [2.05, 4.69) is 10.0 Å². The fraction of sp³-hybridized carbons (Fsp3) is 0.176. The third kappa shape index (κ3) is 4.56. The molecule has 1 amide bonds. The highest BCUT2D eigenvalue weighted by Crippen LogP contribution is 2.20. The van der Waals surface area contributed by atoms with Crippen molar-refractivity contribution in [2.75, 3.05) is 19.0 Å². The smallest absolute Gasteiger partial charge is 0.241 e. The molecule has 0 saturated carbocycles. The first kappa shape index (κ1) is 18.4. The number of nitrogens with zero attached hydrogens (tertiary/aromatic N) is 1. The number of para-hydroxylation sites is 1. The molecule has 0 aromatic heterocycles. The lowest BCUT2D eigenvalue weighted by Gasteiger charge is -2.11. The molecule has 8 heteroatoms. The van der Waals surface area contributed by atoms with E-state index in [1.807, 2.05) is 6.07 Å². The van der Waals surface area contributed by atoms with Gasteiger partial charge in [0.2, 0.25) is 15.9 Å². The maximum Gasteiger partial charge on any atom is 0.241 e. The quantitative estimate of drug-likeness (QED) is 0.817. The molecular weight excluding hydrogens is 342 g/mol. The molecule has 0 aliphatic carbocycles. The number of hydrogen-bond acceptors (Lipinski definition) is 5. The van der Waals surface area contributed by atoms with Gasteiger partial charge in [-0.15, -0.1) is 0 Å². The molecule has 0 atom stereocenters. The van der Waals surface area contributed by atoms with Gasteiger partial charge in [0.15, 0.2) is 0 Å². The molecule has 0 aliphatic rings. The zero-order valence-electron chi connectivity index (χ0n) is 13.7. The van der Waals surface area contributed by atoms with Crippen LogP contribution in [-0.4, -0.2) is 28.0 Å². The summed E-state index contributed by atoms with van der Waals surface area (Å²) in [6.07, 6.45) is 0. The first-order valence-corrected chi connectivity index (χ1v) is 8.79. The first-order valence-electron chi connectivity index (χ1n) is 7.30. The van der Waals surface area contributed by atoms with Crippen LogP contribution in [0.1, 0.15) is 11.1 Å². The fourth-order valence-electron chi connectivity index (χ4n) is 2.17. The molecule has 2 rings (SSSR count). The largest absolute Gasteiger partial charge is 0.497 e. The minimum Gasteiger partial charge on any atom is -0.497 e. The number of aryl methyl sites for hydroxylation is 1. The highest BCUT2D eigenvalue weighted by atomic mass is 32.2. The lowest BCUT2D eigenvalue weighted by molar-refractivity contribution is -0.115. The Balaban J connectivity index is 2.07. The fourth-order valence-corrected chi connectivity index (χ4v) is 3.38. The lowest BCUT2D eigenvalue weighted by Crippen LogP contribution is -2.33. The van der Waals surface area contributed by atoms with Gasteiger partial charge in [0.05, 0.1) is 29.8 Å². The molecule has 0 spiro atoms. The number of anilines is 1. The number of sulfonamides is 1. The molecule has 0 radical (unpaired) electrons. The number of benzene rings is 2. The summed E-state index contributed by atoms with van der Waals surface area (Å²) in [6, 6.07) is 13.0.